The molecule has 0 heterocycles. The number of unbranched alkanes of at least 4 members (excludes halogenated alkanes) is 3. The highest BCUT2D eigenvalue weighted by Gasteiger charge is 2.30. The number of hydrogen-bond donors (Lipinski definition) is 2. The van der Waals surface area contributed by atoms with Crippen molar-refractivity contribution >= 4 is 18.3 Å². The fourth-order valence-electron chi connectivity index (χ4n) is 1.88. The second kappa shape index (κ2) is 11.1. The smallest absolute Gasteiger partial charge is 0.406 e. The van der Waals surface area contributed by atoms with E-state index in [1.807, 2.05) is 0 Å². The van der Waals surface area contributed by atoms with Crippen molar-refractivity contribution in [2.45, 2.75) is 45.0 Å². The SMILES string of the molecule is Cl.NCCCCCCC(=O)NCc1ccc(OC(F)(F)F)cc1. The highest BCUT2D eigenvalue weighted by molar-refractivity contribution is 5.85. The molecule has 0 spiro atoms. The maximum Gasteiger partial charge on any atom is 0.573 e. The summed E-state index contributed by atoms with van der Waals surface area (Å²) in [5.74, 6) is -0.342. The Labute approximate surface area is 140 Å². The zero-order valence-electron chi connectivity index (χ0n) is 12.7. The van der Waals surface area contributed by atoms with Crippen molar-refractivity contribution in [2.24, 2.45) is 5.73 Å². The Morgan fingerprint density at radius 1 is 1.09 bits per heavy atom. The van der Waals surface area contributed by atoms with Crippen molar-refractivity contribution in [1.29, 1.82) is 0 Å². The van der Waals surface area contributed by atoms with Crippen LogP contribution >= 0.6 is 12.4 Å². The summed E-state index contributed by atoms with van der Waals surface area (Å²) < 4.78 is 39.8. The largest absolute Gasteiger partial charge is 0.573 e. The maximum atomic E-state index is 12.0. The van der Waals surface area contributed by atoms with Crippen LogP contribution < -0.4 is 15.8 Å². The van der Waals surface area contributed by atoms with Gasteiger partial charge in [-0.25, -0.2) is 0 Å². The van der Waals surface area contributed by atoms with E-state index in [0.717, 1.165) is 25.7 Å². The van der Waals surface area contributed by atoms with E-state index in [0.29, 0.717) is 18.5 Å². The number of benzene rings is 1. The summed E-state index contributed by atoms with van der Waals surface area (Å²) in [4.78, 5) is 11.6. The van der Waals surface area contributed by atoms with Crippen LogP contribution in [-0.4, -0.2) is 18.8 Å². The van der Waals surface area contributed by atoms with Gasteiger partial charge in [0.1, 0.15) is 5.75 Å². The summed E-state index contributed by atoms with van der Waals surface area (Å²) in [7, 11) is 0. The predicted octanol–water partition coefficient (Wildman–Crippen LogP) is 3.53. The van der Waals surface area contributed by atoms with Crippen LogP contribution in [0.25, 0.3) is 0 Å². The van der Waals surface area contributed by atoms with Gasteiger partial charge in [0.15, 0.2) is 0 Å². The van der Waals surface area contributed by atoms with Crippen LogP contribution in [0.1, 0.15) is 37.7 Å². The maximum absolute atomic E-state index is 12.0. The van der Waals surface area contributed by atoms with E-state index in [9.17, 15) is 18.0 Å². The first-order chi connectivity index (χ1) is 10.4. The summed E-state index contributed by atoms with van der Waals surface area (Å²) in [5.41, 5.74) is 6.09. The van der Waals surface area contributed by atoms with Gasteiger partial charge >= 0.3 is 6.36 Å². The average Bonchev–Trinajstić information content (AvgIpc) is 2.45. The molecule has 0 radical (unpaired) electrons. The molecule has 1 aromatic carbocycles. The van der Waals surface area contributed by atoms with Gasteiger partial charge in [-0.1, -0.05) is 25.0 Å². The Hall–Kier alpha value is -1.47. The Morgan fingerprint density at radius 2 is 1.70 bits per heavy atom. The molecule has 0 bridgehead atoms. The number of ether oxygens (including phenoxy) is 1. The van der Waals surface area contributed by atoms with Gasteiger partial charge in [0.2, 0.25) is 5.91 Å². The molecule has 0 fully saturated rings. The zero-order valence-corrected chi connectivity index (χ0v) is 13.5. The molecule has 0 unspecified atom stereocenters. The van der Waals surface area contributed by atoms with Crippen LogP contribution in [0.3, 0.4) is 0 Å². The molecule has 0 saturated heterocycles. The van der Waals surface area contributed by atoms with Crippen molar-refractivity contribution in [1.82, 2.24) is 5.32 Å². The Morgan fingerprint density at radius 3 is 2.26 bits per heavy atom. The zero-order chi connectivity index (χ0) is 16.4. The van der Waals surface area contributed by atoms with Crippen molar-refractivity contribution in [3.8, 4) is 5.75 Å². The number of carbonyl (C=O) groups excluding carboxylic acids is 1. The van der Waals surface area contributed by atoms with Gasteiger partial charge in [0.25, 0.3) is 0 Å². The van der Waals surface area contributed by atoms with Crippen molar-refractivity contribution in [3.63, 3.8) is 0 Å². The number of alkyl halides is 3. The van der Waals surface area contributed by atoms with E-state index in [1.165, 1.54) is 24.3 Å². The average molecular weight is 355 g/mol. The fraction of sp³-hybridized carbons (Fsp3) is 0.533. The molecule has 23 heavy (non-hydrogen) atoms. The molecule has 0 aromatic heterocycles. The van der Waals surface area contributed by atoms with Gasteiger partial charge in [-0.05, 0) is 37.1 Å². The third kappa shape index (κ3) is 10.8. The Bertz CT molecular complexity index is 453. The number of carbonyl (C=O) groups is 1. The van der Waals surface area contributed by atoms with Crippen LogP contribution in [-0.2, 0) is 11.3 Å². The Kier molecular flexibility index (Phi) is 10.4. The van der Waals surface area contributed by atoms with Crippen LogP contribution in [0.2, 0.25) is 0 Å². The van der Waals surface area contributed by atoms with Gasteiger partial charge in [0, 0.05) is 13.0 Å². The number of nitrogens with two attached hydrogens (primary N) is 1. The van der Waals surface area contributed by atoms with Gasteiger partial charge in [0.05, 0.1) is 0 Å². The summed E-state index contributed by atoms with van der Waals surface area (Å²) in [5, 5.41) is 2.73. The summed E-state index contributed by atoms with van der Waals surface area (Å²) in [6.07, 6.45) is -0.490. The molecule has 4 nitrogen and oxygen atoms in total. The minimum atomic E-state index is -4.69. The lowest BCUT2D eigenvalue weighted by Crippen LogP contribution is -2.22. The second-order valence-electron chi connectivity index (χ2n) is 4.92. The third-order valence-electron chi connectivity index (χ3n) is 3.00. The minimum absolute atomic E-state index is 0. The molecule has 1 aromatic rings. The van der Waals surface area contributed by atoms with E-state index in [-0.39, 0.29) is 30.6 Å². The highest BCUT2D eigenvalue weighted by Crippen LogP contribution is 2.22. The third-order valence-corrected chi connectivity index (χ3v) is 3.00. The lowest BCUT2D eigenvalue weighted by Gasteiger charge is -2.09. The lowest BCUT2D eigenvalue weighted by atomic mass is 10.1. The normalized spacial score (nSPS) is 10.8. The molecule has 0 atom stereocenters. The molecule has 1 amide bonds. The summed E-state index contributed by atoms with van der Waals surface area (Å²) >= 11 is 0. The Balaban J connectivity index is 0.00000484. The monoisotopic (exact) mass is 354 g/mol. The summed E-state index contributed by atoms with van der Waals surface area (Å²) in [6.45, 7) is 0.953. The van der Waals surface area contributed by atoms with E-state index >= 15 is 0 Å². The summed E-state index contributed by atoms with van der Waals surface area (Å²) in [6, 6.07) is 5.43. The quantitative estimate of drug-likeness (QED) is 0.667. The highest BCUT2D eigenvalue weighted by atomic mass is 35.5. The molecule has 0 aliphatic carbocycles. The first-order valence-electron chi connectivity index (χ1n) is 7.22. The van der Waals surface area contributed by atoms with Crippen LogP contribution in [0.15, 0.2) is 24.3 Å². The molecule has 1 rings (SSSR count). The van der Waals surface area contributed by atoms with Crippen LogP contribution in [0.4, 0.5) is 13.2 Å². The molecule has 0 aliphatic rings. The lowest BCUT2D eigenvalue weighted by molar-refractivity contribution is -0.274. The number of nitrogens with one attached hydrogen (secondary N) is 1. The fourth-order valence-corrected chi connectivity index (χ4v) is 1.88. The van der Waals surface area contributed by atoms with Crippen molar-refractivity contribution in [2.75, 3.05) is 6.54 Å². The molecule has 0 aliphatic heterocycles. The standard InChI is InChI=1S/C15H21F3N2O2.ClH/c16-15(17,18)22-13-8-6-12(7-9-13)11-20-14(21)5-3-1-2-4-10-19;/h6-9H,1-5,10-11,19H2,(H,20,21);1H. The first-order valence-corrected chi connectivity index (χ1v) is 7.22. The predicted molar refractivity (Wildman–Crippen MR) is 84.4 cm³/mol. The molecule has 132 valence electrons. The van der Waals surface area contributed by atoms with Gasteiger partial charge < -0.3 is 15.8 Å². The number of hydrogen-bond acceptors (Lipinski definition) is 3. The van der Waals surface area contributed by atoms with Gasteiger partial charge in [-0.15, -0.1) is 25.6 Å². The molecule has 8 heteroatoms. The van der Waals surface area contributed by atoms with Gasteiger partial charge in [-0.2, -0.15) is 0 Å². The first kappa shape index (κ1) is 21.5. The molecule has 0 saturated carbocycles. The van der Waals surface area contributed by atoms with E-state index in [2.05, 4.69) is 10.1 Å². The van der Waals surface area contributed by atoms with Crippen molar-refractivity contribution < 1.29 is 22.7 Å². The topological polar surface area (TPSA) is 64.4 Å². The molecular formula is C15H22ClF3N2O2. The molecular weight excluding hydrogens is 333 g/mol. The van der Waals surface area contributed by atoms with E-state index in [1.54, 1.807) is 0 Å². The number of halogens is 4. The van der Waals surface area contributed by atoms with E-state index < -0.39 is 6.36 Å². The van der Waals surface area contributed by atoms with Gasteiger partial charge in [-0.3, -0.25) is 4.79 Å². The molecule has 3 N–H and O–H groups in total. The van der Waals surface area contributed by atoms with Crippen molar-refractivity contribution in [3.05, 3.63) is 29.8 Å². The van der Waals surface area contributed by atoms with Crippen LogP contribution in [0.5, 0.6) is 5.75 Å². The number of amides is 1. The second-order valence-corrected chi connectivity index (χ2v) is 4.92. The minimum Gasteiger partial charge on any atom is -0.406 e. The number of rotatable bonds is 9. The van der Waals surface area contributed by atoms with Crippen LogP contribution in [0, 0.1) is 0 Å². The van der Waals surface area contributed by atoms with E-state index in [4.69, 9.17) is 5.73 Å².